The van der Waals surface area contributed by atoms with Crippen molar-refractivity contribution in [3.8, 4) is 0 Å². The number of nitrogens with one attached hydrogen (secondary N) is 1. The van der Waals surface area contributed by atoms with Crippen LogP contribution >= 0.6 is 0 Å². The van der Waals surface area contributed by atoms with Crippen LogP contribution in [-0.2, 0) is 11.8 Å². The van der Waals surface area contributed by atoms with E-state index in [0.717, 1.165) is 18.2 Å². The van der Waals surface area contributed by atoms with Gasteiger partial charge in [0, 0.05) is 37.5 Å². The summed E-state index contributed by atoms with van der Waals surface area (Å²) in [6.07, 6.45) is 4.00. The van der Waals surface area contributed by atoms with E-state index in [9.17, 15) is 5.11 Å². The molecule has 2 unspecified atom stereocenters. The molecule has 1 heterocycles. The Bertz CT molecular complexity index is 401. The first kappa shape index (κ1) is 14.5. The summed E-state index contributed by atoms with van der Waals surface area (Å²) < 4.78 is 7.34. The fourth-order valence-electron chi connectivity index (χ4n) is 2.08. The standard InChI is InChI=1S/C14H25N3O2/c1-10(14-7-16-17(3)11(14)2)15-6-13(18)9-19-8-12-4-5-12/h7,10,12-13,15,18H,4-6,8-9H2,1-3H3. The third-order valence-corrected chi connectivity index (χ3v) is 3.76. The van der Waals surface area contributed by atoms with Crippen LogP contribution in [0.1, 0.15) is 37.1 Å². The van der Waals surface area contributed by atoms with Gasteiger partial charge in [-0.05, 0) is 32.6 Å². The largest absolute Gasteiger partial charge is 0.389 e. The molecule has 1 saturated carbocycles. The lowest BCUT2D eigenvalue weighted by molar-refractivity contribution is 0.0315. The second kappa shape index (κ2) is 6.50. The topological polar surface area (TPSA) is 59.3 Å². The smallest absolute Gasteiger partial charge is 0.0897 e. The molecule has 0 amide bonds. The molecule has 1 aliphatic rings. The van der Waals surface area contributed by atoms with E-state index < -0.39 is 6.10 Å². The van der Waals surface area contributed by atoms with E-state index in [4.69, 9.17) is 4.74 Å². The molecule has 1 fully saturated rings. The van der Waals surface area contributed by atoms with Crippen molar-refractivity contribution in [2.45, 2.75) is 38.8 Å². The SMILES string of the molecule is Cc1c(C(C)NCC(O)COCC2CC2)cnn1C. The van der Waals surface area contributed by atoms with Crippen molar-refractivity contribution in [1.29, 1.82) is 0 Å². The van der Waals surface area contributed by atoms with Crippen molar-refractivity contribution in [1.82, 2.24) is 15.1 Å². The van der Waals surface area contributed by atoms with E-state index in [2.05, 4.69) is 24.3 Å². The molecule has 0 aliphatic heterocycles. The minimum absolute atomic E-state index is 0.187. The Morgan fingerprint density at radius 1 is 1.58 bits per heavy atom. The Balaban J connectivity index is 1.67. The minimum atomic E-state index is -0.446. The van der Waals surface area contributed by atoms with Crippen LogP contribution in [0.5, 0.6) is 0 Å². The number of rotatable bonds is 8. The Hall–Kier alpha value is -0.910. The molecule has 5 nitrogen and oxygen atoms in total. The maximum atomic E-state index is 9.84. The highest BCUT2D eigenvalue weighted by molar-refractivity contribution is 5.19. The molecule has 108 valence electrons. The molecule has 5 heteroatoms. The molecule has 0 spiro atoms. The van der Waals surface area contributed by atoms with Gasteiger partial charge >= 0.3 is 0 Å². The normalized spacial score (nSPS) is 18.5. The van der Waals surface area contributed by atoms with Gasteiger partial charge in [-0.3, -0.25) is 4.68 Å². The Morgan fingerprint density at radius 2 is 2.32 bits per heavy atom. The minimum Gasteiger partial charge on any atom is -0.389 e. The molecule has 1 aliphatic carbocycles. The molecule has 1 aromatic rings. The Kier molecular flexibility index (Phi) is 4.96. The van der Waals surface area contributed by atoms with Gasteiger partial charge in [0.25, 0.3) is 0 Å². The van der Waals surface area contributed by atoms with E-state index in [-0.39, 0.29) is 6.04 Å². The van der Waals surface area contributed by atoms with Crippen LogP contribution in [0.25, 0.3) is 0 Å². The number of hydrogen-bond donors (Lipinski definition) is 2. The van der Waals surface area contributed by atoms with Crippen molar-refractivity contribution in [3.63, 3.8) is 0 Å². The van der Waals surface area contributed by atoms with Gasteiger partial charge in [-0.25, -0.2) is 0 Å². The summed E-state index contributed by atoms with van der Waals surface area (Å²) in [5.41, 5.74) is 2.33. The predicted molar refractivity (Wildman–Crippen MR) is 73.9 cm³/mol. The van der Waals surface area contributed by atoms with Gasteiger partial charge in [0.2, 0.25) is 0 Å². The molecule has 2 N–H and O–H groups in total. The molecule has 0 radical (unpaired) electrons. The lowest BCUT2D eigenvalue weighted by Crippen LogP contribution is -2.32. The van der Waals surface area contributed by atoms with Gasteiger partial charge < -0.3 is 15.2 Å². The lowest BCUT2D eigenvalue weighted by Gasteiger charge is -2.17. The van der Waals surface area contributed by atoms with E-state index >= 15 is 0 Å². The Morgan fingerprint density at radius 3 is 2.89 bits per heavy atom. The van der Waals surface area contributed by atoms with Crippen LogP contribution in [0.2, 0.25) is 0 Å². The molecule has 2 atom stereocenters. The summed E-state index contributed by atoms with van der Waals surface area (Å²) in [7, 11) is 1.94. The maximum Gasteiger partial charge on any atom is 0.0897 e. The number of aliphatic hydroxyl groups excluding tert-OH is 1. The van der Waals surface area contributed by atoms with Gasteiger partial charge in [-0.1, -0.05) is 0 Å². The summed E-state index contributed by atoms with van der Waals surface area (Å²) in [4.78, 5) is 0. The highest BCUT2D eigenvalue weighted by Crippen LogP contribution is 2.28. The van der Waals surface area contributed by atoms with E-state index in [1.165, 1.54) is 18.4 Å². The van der Waals surface area contributed by atoms with Gasteiger partial charge in [0.1, 0.15) is 0 Å². The molecular formula is C14H25N3O2. The zero-order valence-corrected chi connectivity index (χ0v) is 12.1. The molecular weight excluding hydrogens is 242 g/mol. The number of aliphatic hydroxyl groups is 1. The first-order valence-electron chi connectivity index (χ1n) is 7.05. The number of aryl methyl sites for hydroxylation is 1. The summed E-state index contributed by atoms with van der Waals surface area (Å²) >= 11 is 0. The van der Waals surface area contributed by atoms with Crippen LogP contribution in [-0.4, -0.2) is 40.7 Å². The number of hydrogen-bond acceptors (Lipinski definition) is 4. The summed E-state index contributed by atoms with van der Waals surface area (Å²) in [5, 5.41) is 17.4. The highest BCUT2D eigenvalue weighted by Gasteiger charge is 2.21. The summed E-state index contributed by atoms with van der Waals surface area (Å²) in [6, 6.07) is 0.187. The van der Waals surface area contributed by atoms with Crippen molar-refractivity contribution in [3.05, 3.63) is 17.5 Å². The zero-order valence-electron chi connectivity index (χ0n) is 12.1. The van der Waals surface area contributed by atoms with Crippen LogP contribution in [0.15, 0.2) is 6.20 Å². The number of aromatic nitrogens is 2. The van der Waals surface area contributed by atoms with Gasteiger partial charge in [0.15, 0.2) is 0 Å². The highest BCUT2D eigenvalue weighted by atomic mass is 16.5. The maximum absolute atomic E-state index is 9.84. The van der Waals surface area contributed by atoms with Crippen LogP contribution in [0.3, 0.4) is 0 Å². The van der Waals surface area contributed by atoms with E-state index in [1.807, 2.05) is 17.9 Å². The van der Waals surface area contributed by atoms with Crippen LogP contribution in [0, 0.1) is 12.8 Å². The summed E-state index contributed by atoms with van der Waals surface area (Å²) in [5.74, 6) is 0.747. The van der Waals surface area contributed by atoms with Crippen molar-refractivity contribution in [2.24, 2.45) is 13.0 Å². The zero-order chi connectivity index (χ0) is 13.8. The van der Waals surface area contributed by atoms with Crippen LogP contribution in [0.4, 0.5) is 0 Å². The third kappa shape index (κ3) is 4.30. The second-order valence-electron chi connectivity index (χ2n) is 5.57. The summed E-state index contributed by atoms with van der Waals surface area (Å²) in [6.45, 7) is 5.90. The first-order chi connectivity index (χ1) is 9.08. The van der Waals surface area contributed by atoms with Crippen molar-refractivity contribution >= 4 is 0 Å². The molecule has 2 rings (SSSR count). The molecule has 0 saturated heterocycles. The lowest BCUT2D eigenvalue weighted by atomic mass is 10.1. The molecule has 1 aromatic heterocycles. The molecule has 19 heavy (non-hydrogen) atoms. The van der Waals surface area contributed by atoms with Crippen molar-refractivity contribution < 1.29 is 9.84 Å². The second-order valence-corrected chi connectivity index (χ2v) is 5.57. The van der Waals surface area contributed by atoms with E-state index in [1.54, 1.807) is 0 Å². The third-order valence-electron chi connectivity index (χ3n) is 3.76. The average Bonchev–Trinajstić information content (AvgIpc) is 3.14. The predicted octanol–water partition coefficient (Wildman–Crippen LogP) is 1.17. The quantitative estimate of drug-likeness (QED) is 0.742. The monoisotopic (exact) mass is 267 g/mol. The van der Waals surface area contributed by atoms with Gasteiger partial charge in [-0.2, -0.15) is 5.10 Å². The average molecular weight is 267 g/mol. The van der Waals surface area contributed by atoms with E-state index in [0.29, 0.717) is 13.2 Å². The van der Waals surface area contributed by atoms with Gasteiger partial charge in [0.05, 0.1) is 18.9 Å². The fourth-order valence-corrected chi connectivity index (χ4v) is 2.08. The molecule has 0 bridgehead atoms. The van der Waals surface area contributed by atoms with Crippen LogP contribution < -0.4 is 5.32 Å². The number of nitrogens with zero attached hydrogens (tertiary/aromatic N) is 2. The fraction of sp³-hybridized carbons (Fsp3) is 0.786. The van der Waals surface area contributed by atoms with Crippen molar-refractivity contribution in [2.75, 3.05) is 19.8 Å². The van der Waals surface area contributed by atoms with Gasteiger partial charge in [-0.15, -0.1) is 0 Å². The Labute approximate surface area is 115 Å². The first-order valence-corrected chi connectivity index (χ1v) is 7.05. The number of ether oxygens (including phenoxy) is 1. The molecule has 0 aromatic carbocycles.